The van der Waals surface area contributed by atoms with Crippen LogP contribution in [0.2, 0.25) is 0 Å². The molecule has 0 saturated carbocycles. The van der Waals surface area contributed by atoms with Crippen LogP contribution in [0.15, 0.2) is 60.0 Å². The first-order valence-electron chi connectivity index (χ1n) is 11.2. The molecule has 0 bridgehead atoms. The Labute approximate surface area is 200 Å². The summed E-state index contributed by atoms with van der Waals surface area (Å²) in [5.41, 5.74) is 4.57. The summed E-state index contributed by atoms with van der Waals surface area (Å²) in [4.78, 5) is 27.1. The number of hydrogen-bond acceptors (Lipinski definition) is 4. The maximum atomic E-state index is 13.0. The van der Waals surface area contributed by atoms with Crippen molar-refractivity contribution in [2.75, 3.05) is 10.2 Å². The molecule has 2 aromatic carbocycles. The second kappa shape index (κ2) is 10.7. The van der Waals surface area contributed by atoms with Crippen LogP contribution in [0, 0.1) is 6.92 Å². The van der Waals surface area contributed by atoms with Gasteiger partial charge in [0.1, 0.15) is 10.6 Å². The molecule has 6 heteroatoms. The van der Waals surface area contributed by atoms with Crippen molar-refractivity contribution in [2.24, 2.45) is 0 Å². The highest BCUT2D eigenvalue weighted by Gasteiger charge is 2.23. The largest absolute Gasteiger partial charge is 0.444 e. The number of ether oxygens (including phenoxy) is 1. The number of nitrogens with one attached hydrogen (secondary N) is 1. The molecule has 1 aromatic heterocycles. The molecule has 5 nitrogen and oxygen atoms in total. The molecule has 1 heterocycles. The monoisotopic (exact) mass is 464 g/mol. The number of amides is 2. The van der Waals surface area contributed by atoms with Crippen LogP contribution in [-0.4, -0.2) is 17.6 Å². The zero-order valence-electron chi connectivity index (χ0n) is 20.0. The summed E-state index contributed by atoms with van der Waals surface area (Å²) in [6.07, 6.45) is 0.653. The molecule has 0 fully saturated rings. The number of anilines is 2. The average molecular weight is 465 g/mol. The lowest BCUT2D eigenvalue weighted by Gasteiger charge is -2.24. The van der Waals surface area contributed by atoms with E-state index in [0.717, 1.165) is 17.5 Å². The minimum atomic E-state index is -0.600. The number of thiophene rings is 1. The lowest BCUT2D eigenvalue weighted by Crippen LogP contribution is -2.31. The van der Waals surface area contributed by atoms with E-state index in [2.05, 4.69) is 48.6 Å². The summed E-state index contributed by atoms with van der Waals surface area (Å²) < 4.78 is 5.39. The number of nitrogens with zero attached hydrogens (tertiary/aromatic N) is 1. The summed E-state index contributed by atoms with van der Waals surface area (Å²) in [5.74, 6) is 0.0233. The molecule has 0 saturated heterocycles. The fourth-order valence-electron chi connectivity index (χ4n) is 3.51. The van der Waals surface area contributed by atoms with E-state index in [4.69, 9.17) is 4.74 Å². The molecule has 0 unspecified atom stereocenters. The molecule has 3 rings (SSSR count). The van der Waals surface area contributed by atoms with E-state index in [-0.39, 0.29) is 5.91 Å². The summed E-state index contributed by atoms with van der Waals surface area (Å²) in [6, 6.07) is 18.4. The minimum absolute atomic E-state index is 0.0233. The maximum Gasteiger partial charge on any atom is 0.412 e. The van der Waals surface area contributed by atoms with E-state index in [9.17, 15) is 9.59 Å². The Balaban J connectivity index is 1.83. The SMILES string of the molecule is CCCC(=O)N(Cc1ccc(-c2ccccc2C)cc1)c1sccc1NC(=O)OC(C)(C)C. The van der Waals surface area contributed by atoms with Gasteiger partial charge >= 0.3 is 6.09 Å². The molecule has 1 N–H and O–H groups in total. The van der Waals surface area contributed by atoms with Gasteiger partial charge in [-0.3, -0.25) is 15.0 Å². The lowest BCUT2D eigenvalue weighted by molar-refractivity contribution is -0.118. The molecule has 0 radical (unpaired) electrons. The Hall–Kier alpha value is -3.12. The second-order valence-corrected chi connectivity index (χ2v) is 9.90. The first-order valence-corrected chi connectivity index (χ1v) is 12.1. The van der Waals surface area contributed by atoms with Gasteiger partial charge in [0.2, 0.25) is 5.91 Å². The average Bonchev–Trinajstić information content (AvgIpc) is 3.19. The van der Waals surface area contributed by atoms with E-state index in [1.807, 2.05) is 45.2 Å². The quantitative estimate of drug-likeness (QED) is 0.396. The Kier molecular flexibility index (Phi) is 7.92. The summed E-state index contributed by atoms with van der Waals surface area (Å²) >= 11 is 1.43. The zero-order chi connectivity index (χ0) is 24.0. The second-order valence-electron chi connectivity index (χ2n) is 9.01. The van der Waals surface area contributed by atoms with E-state index in [1.54, 1.807) is 11.0 Å². The Morgan fingerprint density at radius 2 is 1.73 bits per heavy atom. The zero-order valence-corrected chi connectivity index (χ0v) is 20.8. The normalized spacial score (nSPS) is 11.2. The molecule has 3 aromatic rings. The van der Waals surface area contributed by atoms with Crippen LogP contribution in [0.25, 0.3) is 11.1 Å². The highest BCUT2D eigenvalue weighted by Crippen LogP contribution is 2.35. The van der Waals surface area contributed by atoms with Crippen molar-refractivity contribution in [2.45, 2.75) is 59.6 Å². The minimum Gasteiger partial charge on any atom is -0.444 e. The maximum absolute atomic E-state index is 13.0. The third kappa shape index (κ3) is 6.68. The molecule has 2 amide bonds. The topological polar surface area (TPSA) is 58.6 Å². The standard InChI is InChI=1S/C27H32N2O3S/c1-6-9-24(30)29(25-23(16-17-33-25)28-26(31)32-27(3,4)5)18-20-12-14-21(15-13-20)22-11-8-7-10-19(22)2/h7-8,10-17H,6,9,18H2,1-5H3,(H,28,31). The van der Waals surface area contributed by atoms with Crippen molar-refractivity contribution in [1.82, 2.24) is 0 Å². The third-order valence-corrected chi connectivity index (χ3v) is 5.98. The molecule has 0 aliphatic rings. The van der Waals surface area contributed by atoms with Crippen LogP contribution in [0.3, 0.4) is 0 Å². The Bertz CT molecular complexity index is 1100. The summed E-state index contributed by atoms with van der Waals surface area (Å²) in [6.45, 7) is 9.97. The van der Waals surface area contributed by atoms with Gasteiger partial charge in [-0.1, -0.05) is 55.5 Å². The lowest BCUT2D eigenvalue weighted by atomic mass is 9.99. The third-order valence-electron chi connectivity index (χ3n) is 5.04. The van der Waals surface area contributed by atoms with Crippen molar-refractivity contribution in [1.29, 1.82) is 0 Å². The number of rotatable bonds is 7. The molecule has 0 aliphatic carbocycles. The van der Waals surface area contributed by atoms with Crippen molar-refractivity contribution >= 4 is 34.0 Å². The first-order chi connectivity index (χ1) is 15.7. The van der Waals surface area contributed by atoms with Gasteiger partial charge in [-0.25, -0.2) is 4.79 Å². The molecule has 0 atom stereocenters. The highest BCUT2D eigenvalue weighted by molar-refractivity contribution is 7.15. The van der Waals surface area contributed by atoms with E-state index in [0.29, 0.717) is 23.7 Å². The highest BCUT2D eigenvalue weighted by atomic mass is 32.1. The number of carbonyl (C=O) groups is 2. The number of carbonyl (C=O) groups excluding carboxylic acids is 2. The van der Waals surface area contributed by atoms with Crippen LogP contribution in [0.4, 0.5) is 15.5 Å². The van der Waals surface area contributed by atoms with Crippen molar-refractivity contribution < 1.29 is 14.3 Å². The van der Waals surface area contributed by atoms with Crippen LogP contribution in [0.5, 0.6) is 0 Å². The van der Waals surface area contributed by atoms with Gasteiger partial charge in [0.25, 0.3) is 0 Å². The number of hydrogen-bond donors (Lipinski definition) is 1. The van der Waals surface area contributed by atoms with Gasteiger partial charge in [0.15, 0.2) is 0 Å². The molecular weight excluding hydrogens is 432 g/mol. The molecule has 0 spiro atoms. The van der Waals surface area contributed by atoms with Gasteiger partial charge in [0, 0.05) is 6.42 Å². The fourth-order valence-corrected chi connectivity index (χ4v) is 4.38. The van der Waals surface area contributed by atoms with E-state index in [1.165, 1.54) is 22.5 Å². The van der Waals surface area contributed by atoms with Gasteiger partial charge in [-0.15, -0.1) is 11.3 Å². The predicted octanol–water partition coefficient (Wildman–Crippen LogP) is 7.40. The van der Waals surface area contributed by atoms with Crippen molar-refractivity contribution in [3.05, 3.63) is 71.1 Å². The predicted molar refractivity (Wildman–Crippen MR) is 137 cm³/mol. The molecule has 0 aliphatic heterocycles. The van der Waals surface area contributed by atoms with Crippen LogP contribution >= 0.6 is 11.3 Å². The van der Waals surface area contributed by atoms with Gasteiger partial charge in [-0.2, -0.15) is 0 Å². The van der Waals surface area contributed by atoms with Crippen LogP contribution in [-0.2, 0) is 16.1 Å². The Morgan fingerprint density at radius 3 is 2.36 bits per heavy atom. The van der Waals surface area contributed by atoms with Gasteiger partial charge in [0.05, 0.1) is 12.2 Å². The van der Waals surface area contributed by atoms with Crippen molar-refractivity contribution in [3.63, 3.8) is 0 Å². The molecule has 174 valence electrons. The first kappa shape index (κ1) is 24.5. The summed E-state index contributed by atoms with van der Waals surface area (Å²) in [7, 11) is 0. The number of aryl methyl sites for hydroxylation is 1. The van der Waals surface area contributed by atoms with E-state index >= 15 is 0 Å². The van der Waals surface area contributed by atoms with E-state index < -0.39 is 11.7 Å². The van der Waals surface area contributed by atoms with Crippen LogP contribution in [0.1, 0.15) is 51.7 Å². The molecule has 33 heavy (non-hydrogen) atoms. The van der Waals surface area contributed by atoms with Gasteiger partial charge < -0.3 is 4.74 Å². The van der Waals surface area contributed by atoms with Crippen molar-refractivity contribution in [3.8, 4) is 11.1 Å². The Morgan fingerprint density at radius 1 is 1.03 bits per heavy atom. The van der Waals surface area contributed by atoms with Crippen LogP contribution < -0.4 is 10.2 Å². The summed E-state index contributed by atoms with van der Waals surface area (Å²) in [5, 5.41) is 5.38. The van der Waals surface area contributed by atoms with Gasteiger partial charge in [-0.05, 0) is 67.8 Å². The fraction of sp³-hybridized carbons (Fsp3) is 0.333. The molecular formula is C27H32N2O3S. The number of benzene rings is 2. The smallest absolute Gasteiger partial charge is 0.412 e.